The first kappa shape index (κ1) is 22.5. The summed E-state index contributed by atoms with van der Waals surface area (Å²) in [7, 11) is 1.96. The van der Waals surface area contributed by atoms with E-state index in [4.69, 9.17) is 21.7 Å². The average Bonchev–Trinajstić information content (AvgIpc) is 3.31. The number of aromatic nitrogens is 3. The van der Waals surface area contributed by atoms with E-state index in [-0.39, 0.29) is 11.3 Å². The minimum absolute atomic E-state index is 0.0336. The highest BCUT2D eigenvalue weighted by Crippen LogP contribution is 2.25. The van der Waals surface area contributed by atoms with Crippen LogP contribution in [0.4, 0.5) is 0 Å². The molecule has 3 heterocycles. The highest BCUT2D eigenvalue weighted by Gasteiger charge is 2.25. The van der Waals surface area contributed by atoms with E-state index >= 15 is 0 Å². The second kappa shape index (κ2) is 8.67. The minimum atomic E-state index is 0.0336. The molecule has 0 radical (unpaired) electrons. The van der Waals surface area contributed by atoms with E-state index in [1.807, 2.05) is 28.1 Å². The molecule has 0 atom stereocenters. The Morgan fingerprint density at radius 1 is 1.09 bits per heavy atom. The fraction of sp³-hybridized carbons (Fsp3) is 0.458. The Balaban J connectivity index is 1.43. The Hall–Kier alpha value is -2.71. The number of hydrogen-bond acceptors (Lipinski definition) is 5. The maximum Gasteiger partial charge on any atom is 0.257 e. The molecule has 0 unspecified atom stereocenters. The molecular formula is C24H31N5O2S. The molecule has 0 N–H and O–H groups in total. The van der Waals surface area contributed by atoms with Crippen LogP contribution in [0.1, 0.15) is 42.5 Å². The van der Waals surface area contributed by atoms with Gasteiger partial charge in [-0.2, -0.15) is 5.10 Å². The smallest absolute Gasteiger partial charge is 0.257 e. The number of rotatable bonds is 4. The summed E-state index contributed by atoms with van der Waals surface area (Å²) in [6, 6.07) is 10.3. The molecule has 32 heavy (non-hydrogen) atoms. The van der Waals surface area contributed by atoms with E-state index in [0.717, 1.165) is 24.5 Å². The molecule has 1 fully saturated rings. The number of aryl methyl sites for hydroxylation is 1. The SMILES string of the molecule is Cc1occc1C(=O)N1CCN(Cn2nc(-c3ccc(C(C)(C)C)cc3)n(C)c2=S)CC1. The van der Waals surface area contributed by atoms with Gasteiger partial charge in [0.05, 0.1) is 18.5 Å². The molecule has 1 amide bonds. The first-order valence-corrected chi connectivity index (χ1v) is 11.4. The standard InChI is InChI=1S/C24H31N5O2S/c1-17-20(10-15-31-17)22(30)28-13-11-27(12-14-28)16-29-23(32)26(5)21(25-29)18-6-8-19(9-7-18)24(2,3)4/h6-10,15H,11-14,16H2,1-5H3. The van der Waals surface area contributed by atoms with Crippen LogP contribution in [-0.2, 0) is 19.1 Å². The van der Waals surface area contributed by atoms with Gasteiger partial charge in [0.25, 0.3) is 5.91 Å². The Labute approximate surface area is 194 Å². The number of amides is 1. The monoisotopic (exact) mass is 453 g/mol. The molecule has 1 aliphatic rings. The minimum Gasteiger partial charge on any atom is -0.469 e. The summed E-state index contributed by atoms with van der Waals surface area (Å²) in [6.45, 7) is 12.0. The van der Waals surface area contributed by atoms with Gasteiger partial charge in [0.15, 0.2) is 10.6 Å². The van der Waals surface area contributed by atoms with Crippen molar-refractivity contribution in [2.75, 3.05) is 26.2 Å². The number of piperazine rings is 1. The molecule has 170 valence electrons. The lowest BCUT2D eigenvalue weighted by Gasteiger charge is -2.34. The molecule has 1 aliphatic heterocycles. The number of carbonyl (C=O) groups is 1. The van der Waals surface area contributed by atoms with Crippen LogP contribution >= 0.6 is 12.2 Å². The first-order valence-electron chi connectivity index (χ1n) is 11.0. The van der Waals surface area contributed by atoms with Crippen LogP contribution in [0.2, 0.25) is 0 Å². The zero-order valence-electron chi connectivity index (χ0n) is 19.5. The third-order valence-electron chi connectivity index (χ3n) is 6.13. The van der Waals surface area contributed by atoms with Gasteiger partial charge in [0, 0.05) is 38.8 Å². The second-order valence-electron chi connectivity index (χ2n) is 9.43. The van der Waals surface area contributed by atoms with E-state index in [2.05, 4.69) is 49.9 Å². The molecular weight excluding hydrogens is 422 g/mol. The van der Waals surface area contributed by atoms with Gasteiger partial charge < -0.3 is 13.9 Å². The van der Waals surface area contributed by atoms with Crippen LogP contribution in [0.5, 0.6) is 0 Å². The van der Waals surface area contributed by atoms with E-state index in [1.165, 1.54) is 5.56 Å². The fourth-order valence-corrected chi connectivity index (χ4v) is 4.19. The van der Waals surface area contributed by atoms with Crippen LogP contribution < -0.4 is 0 Å². The Morgan fingerprint density at radius 2 is 1.75 bits per heavy atom. The summed E-state index contributed by atoms with van der Waals surface area (Å²) in [4.78, 5) is 16.9. The topological polar surface area (TPSA) is 59.4 Å². The largest absolute Gasteiger partial charge is 0.469 e. The van der Waals surface area contributed by atoms with Crippen molar-refractivity contribution in [2.24, 2.45) is 7.05 Å². The third-order valence-corrected chi connectivity index (χ3v) is 6.62. The van der Waals surface area contributed by atoms with Crippen molar-refractivity contribution in [2.45, 2.75) is 39.8 Å². The van der Waals surface area contributed by atoms with Crippen molar-refractivity contribution in [1.82, 2.24) is 24.1 Å². The summed E-state index contributed by atoms with van der Waals surface area (Å²) in [5, 5.41) is 4.81. The van der Waals surface area contributed by atoms with Crippen LogP contribution in [-0.4, -0.2) is 56.2 Å². The average molecular weight is 454 g/mol. The highest BCUT2D eigenvalue weighted by molar-refractivity contribution is 7.71. The highest BCUT2D eigenvalue weighted by atomic mass is 32.1. The number of carbonyl (C=O) groups excluding carboxylic acids is 1. The fourth-order valence-electron chi connectivity index (χ4n) is 4.01. The normalized spacial score (nSPS) is 15.3. The quantitative estimate of drug-likeness (QED) is 0.553. The van der Waals surface area contributed by atoms with Gasteiger partial charge in [0.1, 0.15) is 5.76 Å². The second-order valence-corrected chi connectivity index (χ2v) is 9.80. The zero-order valence-corrected chi connectivity index (χ0v) is 20.3. The first-order chi connectivity index (χ1) is 15.1. The van der Waals surface area contributed by atoms with Gasteiger partial charge in [-0.05, 0) is 36.2 Å². The van der Waals surface area contributed by atoms with E-state index in [0.29, 0.717) is 35.9 Å². The molecule has 0 bridgehead atoms. The van der Waals surface area contributed by atoms with Crippen molar-refractivity contribution in [3.63, 3.8) is 0 Å². The number of benzene rings is 1. The predicted octanol–water partition coefficient (Wildman–Crippen LogP) is 4.23. The van der Waals surface area contributed by atoms with Crippen LogP contribution in [0.15, 0.2) is 41.0 Å². The van der Waals surface area contributed by atoms with Crippen LogP contribution in [0.3, 0.4) is 0 Å². The van der Waals surface area contributed by atoms with Crippen molar-refractivity contribution in [3.05, 3.63) is 58.3 Å². The van der Waals surface area contributed by atoms with Crippen molar-refractivity contribution in [1.29, 1.82) is 0 Å². The van der Waals surface area contributed by atoms with Gasteiger partial charge in [-0.1, -0.05) is 45.0 Å². The van der Waals surface area contributed by atoms with Crippen molar-refractivity contribution in [3.8, 4) is 11.4 Å². The van der Waals surface area contributed by atoms with Gasteiger partial charge in [-0.25, -0.2) is 4.68 Å². The summed E-state index contributed by atoms with van der Waals surface area (Å²) in [6.07, 6.45) is 1.57. The molecule has 4 rings (SSSR count). The summed E-state index contributed by atoms with van der Waals surface area (Å²) in [5.74, 6) is 1.56. The number of nitrogens with zero attached hydrogens (tertiary/aromatic N) is 5. The van der Waals surface area contributed by atoms with E-state index < -0.39 is 0 Å². The molecule has 3 aromatic rings. The lowest BCUT2D eigenvalue weighted by atomic mass is 9.87. The Bertz CT molecular complexity index is 1160. The lowest BCUT2D eigenvalue weighted by Crippen LogP contribution is -2.49. The lowest BCUT2D eigenvalue weighted by molar-refractivity contribution is 0.0583. The molecule has 2 aromatic heterocycles. The molecule has 1 saturated heterocycles. The molecule has 1 aromatic carbocycles. The maximum absolute atomic E-state index is 12.7. The Kier molecular flexibility index (Phi) is 6.09. The van der Waals surface area contributed by atoms with Crippen molar-refractivity contribution >= 4 is 18.1 Å². The summed E-state index contributed by atoms with van der Waals surface area (Å²) >= 11 is 5.66. The number of furan rings is 1. The van der Waals surface area contributed by atoms with Gasteiger partial charge >= 0.3 is 0 Å². The van der Waals surface area contributed by atoms with Gasteiger partial charge in [-0.15, -0.1) is 0 Å². The van der Waals surface area contributed by atoms with Crippen LogP contribution in [0.25, 0.3) is 11.4 Å². The van der Waals surface area contributed by atoms with E-state index in [1.54, 1.807) is 12.3 Å². The van der Waals surface area contributed by atoms with Gasteiger partial charge in [0.2, 0.25) is 0 Å². The molecule has 8 heteroatoms. The molecule has 7 nitrogen and oxygen atoms in total. The number of hydrogen-bond donors (Lipinski definition) is 0. The zero-order chi connectivity index (χ0) is 23.0. The van der Waals surface area contributed by atoms with Crippen molar-refractivity contribution < 1.29 is 9.21 Å². The van der Waals surface area contributed by atoms with Crippen LogP contribution in [0, 0.1) is 11.7 Å². The van der Waals surface area contributed by atoms with E-state index in [9.17, 15) is 4.79 Å². The molecule has 0 aliphatic carbocycles. The van der Waals surface area contributed by atoms with Gasteiger partial charge in [-0.3, -0.25) is 9.69 Å². The predicted molar refractivity (Wildman–Crippen MR) is 127 cm³/mol. The molecule has 0 saturated carbocycles. The Morgan fingerprint density at radius 3 is 2.31 bits per heavy atom. The maximum atomic E-state index is 12.7. The summed E-state index contributed by atoms with van der Waals surface area (Å²) < 4.78 is 9.80. The third kappa shape index (κ3) is 4.42. The summed E-state index contributed by atoms with van der Waals surface area (Å²) in [5.41, 5.74) is 3.10. The molecule has 0 spiro atoms.